The van der Waals surface area contributed by atoms with Crippen LogP contribution < -0.4 is 14.9 Å². The molecule has 0 saturated carbocycles. The molecular weight excluding hydrogens is 364 g/mol. The van der Waals surface area contributed by atoms with Gasteiger partial charge in [-0.3, -0.25) is 4.79 Å². The van der Waals surface area contributed by atoms with E-state index in [0.29, 0.717) is 43.0 Å². The number of nitriles is 1. The lowest BCUT2D eigenvalue weighted by Gasteiger charge is -2.38. The number of anilines is 2. The van der Waals surface area contributed by atoms with Crippen LogP contribution in [0.25, 0.3) is 0 Å². The Balaban J connectivity index is 1.84. The maximum atomic E-state index is 11.8. The Kier molecular flexibility index (Phi) is 5.17. The third-order valence-electron chi connectivity index (χ3n) is 4.66. The molecule has 7 nitrogen and oxygen atoms in total. The lowest BCUT2D eigenvalue weighted by molar-refractivity contribution is 0.101. The molecule has 0 amide bonds. The molecule has 2 N–H and O–H groups in total. The molecule has 1 fully saturated rings. The topological polar surface area (TPSA) is 108 Å². The van der Waals surface area contributed by atoms with Crippen LogP contribution >= 0.6 is 0 Å². The van der Waals surface area contributed by atoms with Gasteiger partial charge in [0.15, 0.2) is 5.78 Å². The average molecular weight is 384 g/mol. The van der Waals surface area contributed by atoms with Gasteiger partial charge in [0.05, 0.1) is 16.9 Å². The molecule has 0 spiro atoms. The number of nitrogens with two attached hydrogens (primary N) is 1. The first-order valence-corrected chi connectivity index (χ1v) is 10.0. The molecular formula is C19H20N4O3S. The molecule has 3 rings (SSSR count). The van der Waals surface area contributed by atoms with E-state index in [4.69, 9.17) is 5.14 Å². The number of Topliss-reactive ketones (excluding diaryl/α,β-unsaturated/α-hetero) is 1. The minimum Gasteiger partial charge on any atom is -0.367 e. The molecule has 1 aliphatic heterocycles. The smallest absolute Gasteiger partial charge is 0.240 e. The fourth-order valence-corrected chi connectivity index (χ4v) is 4.01. The number of carbonyl (C=O) groups is 1. The summed E-state index contributed by atoms with van der Waals surface area (Å²) >= 11 is 0. The molecule has 0 bridgehead atoms. The molecule has 1 heterocycles. The quantitative estimate of drug-likeness (QED) is 0.805. The number of ketones is 1. The van der Waals surface area contributed by atoms with Gasteiger partial charge in [-0.2, -0.15) is 5.26 Å². The third-order valence-corrected chi connectivity index (χ3v) is 5.62. The first kappa shape index (κ1) is 18.9. The first-order chi connectivity index (χ1) is 12.8. The fraction of sp³-hybridized carbons (Fsp3) is 0.263. The summed E-state index contributed by atoms with van der Waals surface area (Å²) < 4.78 is 23.7. The average Bonchev–Trinajstić information content (AvgIpc) is 2.67. The van der Waals surface area contributed by atoms with Crippen LogP contribution in [-0.2, 0) is 10.0 Å². The zero-order chi connectivity index (χ0) is 19.6. The molecule has 2 aromatic carbocycles. The van der Waals surface area contributed by atoms with Crippen molar-refractivity contribution in [3.8, 4) is 6.07 Å². The van der Waals surface area contributed by atoms with E-state index in [2.05, 4.69) is 6.07 Å². The summed E-state index contributed by atoms with van der Waals surface area (Å²) in [5, 5.41) is 14.7. The fourth-order valence-electron chi connectivity index (χ4n) is 3.25. The maximum absolute atomic E-state index is 11.8. The Morgan fingerprint density at radius 2 is 1.63 bits per heavy atom. The summed E-state index contributed by atoms with van der Waals surface area (Å²) in [5.41, 5.74) is 2.38. The van der Waals surface area contributed by atoms with Gasteiger partial charge in [-0.15, -0.1) is 0 Å². The molecule has 2 aromatic rings. The van der Waals surface area contributed by atoms with E-state index in [0.717, 1.165) is 5.69 Å². The molecule has 140 valence electrons. The Morgan fingerprint density at radius 3 is 2.19 bits per heavy atom. The zero-order valence-electron chi connectivity index (χ0n) is 14.9. The summed E-state index contributed by atoms with van der Waals surface area (Å²) in [6.07, 6.45) is 0. The molecule has 1 saturated heterocycles. The van der Waals surface area contributed by atoms with Gasteiger partial charge in [0, 0.05) is 31.7 Å². The van der Waals surface area contributed by atoms with E-state index in [9.17, 15) is 18.5 Å². The number of nitrogens with zero attached hydrogens (tertiary/aromatic N) is 3. The molecule has 1 aliphatic rings. The number of hydrogen-bond donors (Lipinski definition) is 1. The van der Waals surface area contributed by atoms with Crippen LogP contribution in [0.2, 0.25) is 0 Å². The van der Waals surface area contributed by atoms with Crippen molar-refractivity contribution in [3.05, 3.63) is 53.6 Å². The summed E-state index contributed by atoms with van der Waals surface area (Å²) in [6.45, 7) is 3.82. The normalized spacial score (nSPS) is 14.7. The maximum Gasteiger partial charge on any atom is 0.240 e. The van der Waals surface area contributed by atoms with Gasteiger partial charge in [-0.05, 0) is 37.3 Å². The van der Waals surface area contributed by atoms with Crippen molar-refractivity contribution >= 4 is 27.2 Å². The summed E-state index contributed by atoms with van der Waals surface area (Å²) in [7, 11) is -3.81. The second-order valence-electron chi connectivity index (χ2n) is 6.39. The van der Waals surface area contributed by atoms with Crippen LogP contribution in [0.3, 0.4) is 0 Å². The Hall–Kier alpha value is -2.89. The molecule has 0 aromatic heterocycles. The van der Waals surface area contributed by atoms with Gasteiger partial charge in [0.1, 0.15) is 11.0 Å². The number of para-hydroxylation sites is 1. The highest BCUT2D eigenvalue weighted by Crippen LogP contribution is 2.28. The number of carbonyl (C=O) groups excluding carboxylic acids is 1. The van der Waals surface area contributed by atoms with Gasteiger partial charge in [0.25, 0.3) is 0 Å². The second-order valence-corrected chi connectivity index (χ2v) is 7.92. The number of piperazine rings is 1. The van der Waals surface area contributed by atoms with Crippen molar-refractivity contribution in [2.45, 2.75) is 11.8 Å². The lowest BCUT2D eigenvalue weighted by atomic mass is 10.1. The Labute approximate surface area is 158 Å². The Bertz CT molecular complexity index is 1020. The highest BCUT2D eigenvalue weighted by atomic mass is 32.2. The predicted octanol–water partition coefficient (Wildman–Crippen LogP) is 1.73. The number of sulfonamides is 1. The van der Waals surface area contributed by atoms with E-state index in [1.54, 1.807) is 36.4 Å². The van der Waals surface area contributed by atoms with Crippen LogP contribution in [0.15, 0.2) is 47.4 Å². The van der Waals surface area contributed by atoms with E-state index < -0.39 is 10.0 Å². The van der Waals surface area contributed by atoms with Crippen LogP contribution in [0.1, 0.15) is 22.8 Å². The van der Waals surface area contributed by atoms with Gasteiger partial charge < -0.3 is 9.80 Å². The minimum absolute atomic E-state index is 0.0542. The summed E-state index contributed by atoms with van der Waals surface area (Å²) in [4.78, 5) is 15.8. The monoisotopic (exact) mass is 384 g/mol. The second kappa shape index (κ2) is 7.39. The molecule has 27 heavy (non-hydrogen) atoms. The van der Waals surface area contributed by atoms with Crippen LogP contribution in [-0.4, -0.2) is 40.4 Å². The largest absolute Gasteiger partial charge is 0.367 e. The van der Waals surface area contributed by atoms with Crippen LogP contribution in [0.5, 0.6) is 0 Å². The van der Waals surface area contributed by atoms with Gasteiger partial charge >= 0.3 is 0 Å². The minimum atomic E-state index is -3.81. The SMILES string of the molecule is CC(=O)c1ccc(C#N)c(N2CCN(c3ccccc3S(N)(=O)=O)CC2)c1. The van der Waals surface area contributed by atoms with Crippen molar-refractivity contribution in [2.24, 2.45) is 5.14 Å². The number of rotatable bonds is 4. The van der Waals surface area contributed by atoms with E-state index >= 15 is 0 Å². The van der Waals surface area contributed by atoms with Gasteiger partial charge in [-0.1, -0.05) is 12.1 Å². The highest BCUT2D eigenvalue weighted by Gasteiger charge is 2.24. The van der Waals surface area contributed by atoms with E-state index in [1.165, 1.54) is 13.0 Å². The van der Waals surface area contributed by atoms with Crippen molar-refractivity contribution in [2.75, 3.05) is 36.0 Å². The summed E-state index contributed by atoms with van der Waals surface area (Å²) in [5.74, 6) is -0.0542. The van der Waals surface area contributed by atoms with Gasteiger partial charge in [0.2, 0.25) is 10.0 Å². The number of hydrogen-bond acceptors (Lipinski definition) is 6. The molecule has 0 unspecified atom stereocenters. The molecule has 0 atom stereocenters. The first-order valence-electron chi connectivity index (χ1n) is 8.48. The van der Waals surface area contributed by atoms with Gasteiger partial charge in [-0.25, -0.2) is 13.6 Å². The van der Waals surface area contributed by atoms with Crippen molar-refractivity contribution in [3.63, 3.8) is 0 Å². The highest BCUT2D eigenvalue weighted by molar-refractivity contribution is 7.89. The van der Waals surface area contributed by atoms with Crippen molar-refractivity contribution in [1.82, 2.24) is 0 Å². The molecule has 0 radical (unpaired) electrons. The lowest BCUT2D eigenvalue weighted by Crippen LogP contribution is -2.47. The van der Waals surface area contributed by atoms with Crippen LogP contribution in [0, 0.1) is 11.3 Å². The molecule has 8 heteroatoms. The number of benzene rings is 2. The predicted molar refractivity (Wildman–Crippen MR) is 103 cm³/mol. The summed E-state index contributed by atoms with van der Waals surface area (Å²) in [6, 6.07) is 13.9. The Morgan fingerprint density at radius 1 is 1.04 bits per heavy atom. The van der Waals surface area contributed by atoms with E-state index in [-0.39, 0.29) is 10.7 Å². The van der Waals surface area contributed by atoms with E-state index in [1.807, 2.05) is 9.80 Å². The molecule has 0 aliphatic carbocycles. The standard InChI is InChI=1S/C19H20N4O3S/c1-14(24)15-6-7-16(13-20)18(12-15)23-10-8-22(9-11-23)17-4-2-3-5-19(17)27(21,25)26/h2-7,12H,8-11H2,1H3,(H2,21,25,26). The van der Waals surface area contributed by atoms with Crippen molar-refractivity contribution < 1.29 is 13.2 Å². The van der Waals surface area contributed by atoms with Crippen molar-refractivity contribution in [1.29, 1.82) is 5.26 Å². The number of primary sulfonamides is 1. The van der Waals surface area contributed by atoms with Crippen LogP contribution in [0.4, 0.5) is 11.4 Å². The zero-order valence-corrected chi connectivity index (χ0v) is 15.7. The third kappa shape index (κ3) is 3.94.